The van der Waals surface area contributed by atoms with Crippen molar-refractivity contribution in [2.24, 2.45) is 0 Å². The summed E-state index contributed by atoms with van der Waals surface area (Å²) in [5.74, 6) is 0.517. The van der Waals surface area contributed by atoms with Gasteiger partial charge in [-0.05, 0) is 140 Å². The Balaban J connectivity index is 0.000000633. The van der Waals surface area contributed by atoms with Crippen LogP contribution in [0.25, 0.3) is 0 Å². The minimum absolute atomic E-state index is 0.0929. The number of phenols is 4. The molecule has 0 aliphatic heterocycles. The lowest BCUT2D eigenvalue weighted by Gasteiger charge is -2.08. The molecule has 0 aromatic heterocycles. The van der Waals surface area contributed by atoms with E-state index < -0.39 is 14.9 Å². The molecule has 0 fully saturated rings. The molecular formula is C36H48N4O11. The van der Waals surface area contributed by atoms with Gasteiger partial charge in [0.2, 0.25) is 0 Å². The maximum atomic E-state index is 10.6. The van der Waals surface area contributed by atoms with E-state index in [-0.39, 0.29) is 28.6 Å². The highest BCUT2D eigenvalue weighted by molar-refractivity contribution is 5.63. The van der Waals surface area contributed by atoms with Crippen LogP contribution >= 0.6 is 0 Å². The summed E-state index contributed by atoms with van der Waals surface area (Å²) in [4.78, 5) is 28.6. The van der Waals surface area contributed by atoms with Crippen LogP contribution in [-0.4, -0.2) is 40.6 Å². The highest BCUT2D eigenvalue weighted by atomic mass is 16.9. The number of nitrogen functional groups attached to an aromatic ring is 1. The molecule has 0 heterocycles. The Morgan fingerprint density at radius 2 is 0.843 bits per heavy atom. The van der Waals surface area contributed by atoms with Crippen molar-refractivity contribution < 1.29 is 40.6 Å². The monoisotopic (exact) mass is 712 g/mol. The van der Waals surface area contributed by atoms with E-state index in [1.807, 2.05) is 54.5 Å². The molecule has 0 aliphatic rings. The van der Waals surface area contributed by atoms with E-state index in [1.54, 1.807) is 46.8 Å². The Hall–Kier alpha value is -6.12. The van der Waals surface area contributed by atoms with Crippen molar-refractivity contribution in [1.82, 2.24) is 0 Å². The third-order valence-corrected chi connectivity index (χ3v) is 8.22. The van der Waals surface area contributed by atoms with E-state index in [0.717, 1.165) is 38.9 Å². The molecule has 0 radical (unpaired) electrons. The topological polar surface area (TPSA) is 257 Å². The van der Waals surface area contributed by atoms with E-state index in [0.29, 0.717) is 39.3 Å². The number of aryl methyl sites for hydroxylation is 7. The number of benzene rings is 4. The average Bonchev–Trinajstić information content (AvgIpc) is 2.99. The smallest absolute Gasteiger partial charge is 0.313 e. The van der Waals surface area contributed by atoms with Gasteiger partial charge in [0.15, 0.2) is 5.75 Å². The molecule has 4 aromatic rings. The summed E-state index contributed by atoms with van der Waals surface area (Å²) in [5.41, 5.74) is 15.6. The standard InChI is InChI=1S/2C9H11NO3.C9H13NO.C9H12O.HNO3/c1-5-4-8(11)6(2)7(3)9(5)10(12)13;1-5-4-6(2)8(10(12)13)9(11)7(5)3;1-5-4-6(2)8(10)9(11)7(5)3;1-6-4-7(2)8(3)9(10)5-6;2-1(3)4/h2*4,11H,1-3H3;4,11H,10H2,1-3H3;4-5,10H,1-3H3;(H,2,3,4). The highest BCUT2D eigenvalue weighted by Gasteiger charge is 2.20. The van der Waals surface area contributed by atoms with Crippen molar-refractivity contribution in [2.75, 3.05) is 5.73 Å². The molecule has 0 atom stereocenters. The molecule has 15 heteroatoms. The van der Waals surface area contributed by atoms with E-state index in [4.69, 9.17) is 21.1 Å². The molecule has 15 nitrogen and oxygen atoms in total. The first-order chi connectivity index (χ1) is 23.3. The Morgan fingerprint density at radius 3 is 1.27 bits per heavy atom. The summed E-state index contributed by atoms with van der Waals surface area (Å²) < 4.78 is 0. The fourth-order valence-corrected chi connectivity index (χ4v) is 4.71. The van der Waals surface area contributed by atoms with Crippen LogP contribution in [-0.2, 0) is 0 Å². The van der Waals surface area contributed by atoms with Crippen LogP contribution in [0.2, 0.25) is 0 Å². The van der Waals surface area contributed by atoms with Crippen LogP contribution in [0.15, 0.2) is 30.3 Å². The fraction of sp³-hybridized carbons (Fsp3) is 0.333. The van der Waals surface area contributed by atoms with Crippen molar-refractivity contribution in [3.05, 3.63) is 127 Å². The van der Waals surface area contributed by atoms with Gasteiger partial charge in [0, 0.05) is 27.8 Å². The maximum absolute atomic E-state index is 10.6. The second-order valence-electron chi connectivity index (χ2n) is 12.0. The van der Waals surface area contributed by atoms with Crippen molar-refractivity contribution in [3.63, 3.8) is 0 Å². The number of hydrogen-bond donors (Lipinski definition) is 6. The van der Waals surface area contributed by atoms with Crippen LogP contribution in [0.5, 0.6) is 23.0 Å². The SMILES string of the molecule is Cc1cc(C)c(C)c(O)c1.Cc1cc(C)c(N)c(O)c1C.Cc1cc(C)c([N+](=O)[O-])c(O)c1C.Cc1cc(O)c(C)c(C)c1[N+](=O)[O-].O=[N+]([O-])O. The number of nitro benzene ring substituents is 2. The van der Waals surface area contributed by atoms with Crippen LogP contribution in [0.4, 0.5) is 17.1 Å². The van der Waals surface area contributed by atoms with Crippen molar-refractivity contribution in [3.8, 4) is 23.0 Å². The lowest BCUT2D eigenvalue weighted by atomic mass is 10.0. The molecule has 278 valence electrons. The number of rotatable bonds is 2. The summed E-state index contributed by atoms with van der Waals surface area (Å²) in [5, 5.41) is 72.4. The second-order valence-corrected chi connectivity index (χ2v) is 12.0. The zero-order valence-corrected chi connectivity index (χ0v) is 31.0. The van der Waals surface area contributed by atoms with Gasteiger partial charge in [-0.3, -0.25) is 20.2 Å². The third kappa shape index (κ3) is 12.7. The minimum atomic E-state index is -1.50. The number of nitrogens with zero attached hydrogens (tertiary/aromatic N) is 3. The van der Waals surface area contributed by atoms with Crippen molar-refractivity contribution >= 4 is 17.1 Å². The van der Waals surface area contributed by atoms with E-state index in [1.165, 1.54) is 6.07 Å². The number of anilines is 1. The number of hydrogen-bond acceptors (Lipinski definition) is 11. The summed E-state index contributed by atoms with van der Waals surface area (Å²) in [6.45, 7) is 21.6. The first-order valence-electron chi connectivity index (χ1n) is 15.3. The Morgan fingerprint density at radius 1 is 0.471 bits per heavy atom. The van der Waals surface area contributed by atoms with Gasteiger partial charge in [-0.1, -0.05) is 12.1 Å². The first-order valence-corrected chi connectivity index (χ1v) is 15.3. The van der Waals surface area contributed by atoms with Gasteiger partial charge in [-0.15, -0.1) is 10.1 Å². The summed E-state index contributed by atoms with van der Waals surface area (Å²) in [6.07, 6.45) is 0. The van der Waals surface area contributed by atoms with Crippen LogP contribution in [0.1, 0.15) is 66.8 Å². The number of nitro groups is 2. The predicted octanol–water partition coefficient (Wildman–Crippen LogP) is 8.32. The van der Waals surface area contributed by atoms with Gasteiger partial charge in [0.05, 0.1) is 15.5 Å². The Bertz CT molecular complexity index is 1800. The molecule has 0 unspecified atom stereocenters. The molecule has 7 N–H and O–H groups in total. The molecule has 4 aromatic carbocycles. The minimum Gasteiger partial charge on any atom is -0.508 e. The van der Waals surface area contributed by atoms with E-state index in [2.05, 4.69) is 6.07 Å². The summed E-state index contributed by atoms with van der Waals surface area (Å²) >= 11 is 0. The second kappa shape index (κ2) is 19.2. The number of aromatic hydroxyl groups is 4. The zero-order chi connectivity index (χ0) is 40.2. The maximum Gasteiger partial charge on any atom is 0.313 e. The van der Waals surface area contributed by atoms with Gasteiger partial charge in [0.1, 0.15) is 17.2 Å². The molecule has 0 bridgehead atoms. The van der Waals surface area contributed by atoms with Gasteiger partial charge in [-0.25, -0.2) is 0 Å². The van der Waals surface area contributed by atoms with Crippen LogP contribution in [0, 0.1) is 113 Å². The first kappa shape index (κ1) is 44.9. The van der Waals surface area contributed by atoms with Gasteiger partial charge >= 0.3 is 5.69 Å². The van der Waals surface area contributed by atoms with Gasteiger partial charge in [-0.2, -0.15) is 0 Å². The Kier molecular flexibility index (Phi) is 16.9. The van der Waals surface area contributed by atoms with Gasteiger partial charge in [0.25, 0.3) is 10.8 Å². The lowest BCUT2D eigenvalue weighted by Crippen LogP contribution is -1.97. The summed E-state index contributed by atoms with van der Waals surface area (Å²) in [6, 6.07) is 8.94. The van der Waals surface area contributed by atoms with Crippen LogP contribution < -0.4 is 5.73 Å². The Labute approximate surface area is 296 Å². The summed E-state index contributed by atoms with van der Waals surface area (Å²) in [7, 11) is 0. The molecule has 4 rings (SSSR count). The molecule has 0 aliphatic carbocycles. The quantitative estimate of drug-likeness (QED) is 0.0496. The molecule has 51 heavy (non-hydrogen) atoms. The molecule has 0 spiro atoms. The third-order valence-electron chi connectivity index (χ3n) is 8.22. The van der Waals surface area contributed by atoms with Gasteiger partial charge < -0.3 is 31.4 Å². The largest absolute Gasteiger partial charge is 0.508 e. The normalized spacial score (nSPS) is 9.73. The van der Waals surface area contributed by atoms with E-state index in [9.17, 15) is 40.7 Å². The molecule has 0 saturated carbocycles. The van der Waals surface area contributed by atoms with E-state index >= 15 is 0 Å². The molecular weight excluding hydrogens is 664 g/mol. The van der Waals surface area contributed by atoms with Crippen LogP contribution in [0.3, 0.4) is 0 Å². The highest BCUT2D eigenvalue weighted by Crippen LogP contribution is 2.35. The lowest BCUT2D eigenvalue weighted by molar-refractivity contribution is -0.742. The molecule has 0 saturated heterocycles. The number of phenolic OH excluding ortho intramolecular Hbond substituents is 4. The van der Waals surface area contributed by atoms with Crippen molar-refractivity contribution in [2.45, 2.75) is 83.1 Å². The molecule has 0 amide bonds. The predicted molar refractivity (Wildman–Crippen MR) is 196 cm³/mol. The zero-order valence-electron chi connectivity index (χ0n) is 31.0. The van der Waals surface area contributed by atoms with Crippen molar-refractivity contribution in [1.29, 1.82) is 0 Å². The average molecular weight is 713 g/mol. The fourth-order valence-electron chi connectivity index (χ4n) is 4.71. The number of nitrogens with two attached hydrogens (primary N) is 1.